The maximum absolute atomic E-state index is 9.38. The lowest BCUT2D eigenvalue weighted by molar-refractivity contribution is 0.137. The first-order chi connectivity index (χ1) is 6.31. The Morgan fingerprint density at radius 2 is 1.23 bits per heavy atom. The first-order valence-corrected chi connectivity index (χ1v) is 5.21. The molecule has 0 fully saturated rings. The summed E-state index contributed by atoms with van der Waals surface area (Å²) in [5, 5.41) is 26.4. The van der Waals surface area contributed by atoms with Gasteiger partial charge in [-0.05, 0) is 25.7 Å². The van der Waals surface area contributed by atoms with Gasteiger partial charge in [-0.25, -0.2) is 0 Å². The van der Waals surface area contributed by atoms with Crippen molar-refractivity contribution in [2.45, 2.75) is 51.0 Å². The minimum atomic E-state index is -0.249. The normalized spacial score (nSPS) is 13.2. The van der Waals surface area contributed by atoms with Gasteiger partial charge in [0.05, 0.1) is 6.10 Å². The van der Waals surface area contributed by atoms with Crippen molar-refractivity contribution in [2.75, 3.05) is 13.2 Å². The minimum absolute atomic E-state index is 0.168. The van der Waals surface area contributed by atoms with E-state index in [0.29, 0.717) is 12.8 Å². The molecule has 0 heterocycles. The molecule has 0 bridgehead atoms. The molecule has 3 heteroatoms. The summed E-state index contributed by atoms with van der Waals surface area (Å²) in [6, 6.07) is 0. The van der Waals surface area contributed by atoms with Crippen LogP contribution in [0.3, 0.4) is 0 Å². The Bertz CT molecular complexity index is 96.2. The van der Waals surface area contributed by atoms with E-state index in [1.807, 2.05) is 0 Å². The van der Waals surface area contributed by atoms with Crippen LogP contribution in [0.15, 0.2) is 0 Å². The maximum atomic E-state index is 9.38. The summed E-state index contributed by atoms with van der Waals surface area (Å²) in [5.41, 5.74) is 0. The van der Waals surface area contributed by atoms with Crippen LogP contribution in [-0.2, 0) is 0 Å². The van der Waals surface area contributed by atoms with Crippen LogP contribution in [0.4, 0.5) is 0 Å². The lowest BCUT2D eigenvalue weighted by Gasteiger charge is -2.08. The highest BCUT2D eigenvalue weighted by Gasteiger charge is 2.02. The van der Waals surface area contributed by atoms with Crippen molar-refractivity contribution in [2.24, 2.45) is 0 Å². The van der Waals surface area contributed by atoms with Gasteiger partial charge in [-0.15, -0.1) is 0 Å². The van der Waals surface area contributed by atoms with Gasteiger partial charge in [0, 0.05) is 13.2 Å². The van der Waals surface area contributed by atoms with E-state index in [4.69, 9.17) is 10.2 Å². The van der Waals surface area contributed by atoms with Gasteiger partial charge in [-0.3, -0.25) is 0 Å². The van der Waals surface area contributed by atoms with E-state index in [0.717, 1.165) is 32.1 Å². The molecule has 3 N–H and O–H groups in total. The Labute approximate surface area is 80.4 Å². The fraction of sp³-hybridized carbons (Fsp3) is 1.00. The molecular weight excluding hydrogens is 168 g/mol. The highest BCUT2D eigenvalue weighted by atomic mass is 16.3. The van der Waals surface area contributed by atoms with Crippen molar-refractivity contribution < 1.29 is 15.3 Å². The average Bonchev–Trinajstić information content (AvgIpc) is 2.14. The zero-order valence-electron chi connectivity index (χ0n) is 8.28. The molecule has 0 aromatic rings. The zero-order valence-corrected chi connectivity index (χ0v) is 8.28. The van der Waals surface area contributed by atoms with E-state index in [2.05, 4.69) is 0 Å². The molecular formula is C10H22O3. The molecule has 80 valence electrons. The van der Waals surface area contributed by atoms with Crippen LogP contribution < -0.4 is 0 Å². The molecule has 3 nitrogen and oxygen atoms in total. The summed E-state index contributed by atoms with van der Waals surface area (Å²) in [7, 11) is 0. The van der Waals surface area contributed by atoms with Crippen molar-refractivity contribution in [1.29, 1.82) is 0 Å². The van der Waals surface area contributed by atoms with Crippen LogP contribution >= 0.6 is 0 Å². The van der Waals surface area contributed by atoms with E-state index in [-0.39, 0.29) is 19.3 Å². The number of rotatable bonds is 9. The van der Waals surface area contributed by atoms with Gasteiger partial charge in [0.2, 0.25) is 0 Å². The van der Waals surface area contributed by atoms with E-state index in [1.165, 1.54) is 0 Å². The summed E-state index contributed by atoms with van der Waals surface area (Å²) in [4.78, 5) is 0. The van der Waals surface area contributed by atoms with Crippen LogP contribution in [0.5, 0.6) is 0 Å². The molecule has 0 spiro atoms. The van der Waals surface area contributed by atoms with Gasteiger partial charge >= 0.3 is 0 Å². The van der Waals surface area contributed by atoms with Crippen LogP contribution in [0.25, 0.3) is 0 Å². The van der Waals surface area contributed by atoms with Crippen LogP contribution in [0.2, 0.25) is 0 Å². The summed E-state index contributed by atoms with van der Waals surface area (Å²) in [5.74, 6) is 0. The Kier molecular flexibility index (Phi) is 9.87. The van der Waals surface area contributed by atoms with E-state index < -0.39 is 0 Å². The second kappa shape index (κ2) is 9.96. The van der Waals surface area contributed by atoms with Gasteiger partial charge in [0.1, 0.15) is 0 Å². The lowest BCUT2D eigenvalue weighted by atomic mass is 10.1. The third kappa shape index (κ3) is 9.80. The van der Waals surface area contributed by atoms with Crippen molar-refractivity contribution in [3.8, 4) is 0 Å². The molecule has 0 rings (SSSR count). The molecule has 1 unspecified atom stereocenters. The Morgan fingerprint density at radius 1 is 0.692 bits per heavy atom. The number of hydrogen-bond donors (Lipinski definition) is 3. The van der Waals surface area contributed by atoms with Gasteiger partial charge in [-0.2, -0.15) is 0 Å². The predicted molar refractivity (Wildman–Crippen MR) is 52.5 cm³/mol. The second-order valence-electron chi connectivity index (χ2n) is 3.45. The van der Waals surface area contributed by atoms with Crippen molar-refractivity contribution in [1.82, 2.24) is 0 Å². The van der Waals surface area contributed by atoms with Crippen LogP contribution in [0, 0.1) is 0 Å². The third-order valence-electron chi connectivity index (χ3n) is 2.14. The molecule has 0 saturated carbocycles. The number of aliphatic hydroxyl groups excluding tert-OH is 3. The highest BCUT2D eigenvalue weighted by molar-refractivity contribution is 4.55. The van der Waals surface area contributed by atoms with Gasteiger partial charge in [0.25, 0.3) is 0 Å². The number of unbranched alkanes of at least 4 members (excludes halogenated alkanes) is 3. The molecule has 0 aliphatic carbocycles. The molecule has 1 atom stereocenters. The first kappa shape index (κ1) is 12.9. The number of hydrogen-bond acceptors (Lipinski definition) is 3. The molecule has 0 radical (unpaired) electrons. The molecule has 0 amide bonds. The summed E-state index contributed by atoms with van der Waals surface area (Å²) in [6.07, 6.45) is 5.99. The van der Waals surface area contributed by atoms with E-state index in [9.17, 15) is 5.11 Å². The predicted octanol–water partition coefficient (Wildman–Crippen LogP) is 1.06. The SMILES string of the molecule is OCCCCCCC(O)CCCO. The maximum Gasteiger partial charge on any atom is 0.0541 e. The van der Waals surface area contributed by atoms with E-state index in [1.54, 1.807) is 0 Å². The Hall–Kier alpha value is -0.120. The van der Waals surface area contributed by atoms with Gasteiger partial charge < -0.3 is 15.3 Å². The van der Waals surface area contributed by atoms with Crippen LogP contribution in [0.1, 0.15) is 44.9 Å². The molecule has 0 aromatic heterocycles. The van der Waals surface area contributed by atoms with Crippen LogP contribution in [-0.4, -0.2) is 34.6 Å². The van der Waals surface area contributed by atoms with Crippen molar-refractivity contribution >= 4 is 0 Å². The molecule has 0 aromatic carbocycles. The highest BCUT2D eigenvalue weighted by Crippen LogP contribution is 2.08. The zero-order chi connectivity index (χ0) is 9.94. The molecule has 0 saturated heterocycles. The van der Waals surface area contributed by atoms with Gasteiger partial charge in [0.15, 0.2) is 0 Å². The quantitative estimate of drug-likeness (QED) is 0.476. The number of aliphatic hydroxyl groups is 3. The molecule has 13 heavy (non-hydrogen) atoms. The third-order valence-corrected chi connectivity index (χ3v) is 2.14. The fourth-order valence-electron chi connectivity index (χ4n) is 1.32. The Balaban J connectivity index is 3.03. The van der Waals surface area contributed by atoms with E-state index >= 15 is 0 Å². The molecule has 0 aliphatic rings. The monoisotopic (exact) mass is 190 g/mol. The second-order valence-corrected chi connectivity index (χ2v) is 3.45. The average molecular weight is 190 g/mol. The topological polar surface area (TPSA) is 60.7 Å². The minimum Gasteiger partial charge on any atom is -0.396 e. The molecule has 0 aliphatic heterocycles. The van der Waals surface area contributed by atoms with Gasteiger partial charge in [-0.1, -0.05) is 19.3 Å². The smallest absolute Gasteiger partial charge is 0.0541 e. The standard InChI is InChI=1S/C10H22O3/c11-8-4-2-1-3-6-10(13)7-5-9-12/h10-13H,1-9H2. The van der Waals surface area contributed by atoms with Crippen molar-refractivity contribution in [3.05, 3.63) is 0 Å². The fourth-order valence-corrected chi connectivity index (χ4v) is 1.32. The lowest BCUT2D eigenvalue weighted by Crippen LogP contribution is -2.06. The largest absolute Gasteiger partial charge is 0.396 e. The summed E-state index contributed by atoms with van der Waals surface area (Å²) < 4.78 is 0. The van der Waals surface area contributed by atoms with Crippen molar-refractivity contribution in [3.63, 3.8) is 0 Å². The Morgan fingerprint density at radius 3 is 1.85 bits per heavy atom. The first-order valence-electron chi connectivity index (χ1n) is 5.21. The summed E-state index contributed by atoms with van der Waals surface area (Å²) >= 11 is 0. The summed E-state index contributed by atoms with van der Waals surface area (Å²) in [6.45, 7) is 0.439.